The molecule has 0 aliphatic rings. The number of ether oxygens (including phenoxy) is 1. The zero-order chi connectivity index (χ0) is 11.1. The Morgan fingerprint density at radius 2 is 2.13 bits per heavy atom. The Morgan fingerprint density at radius 3 is 2.80 bits per heavy atom. The molecule has 0 aromatic carbocycles. The van der Waals surface area contributed by atoms with Crippen LogP contribution in [-0.4, -0.2) is 13.1 Å². The fourth-order valence-corrected chi connectivity index (χ4v) is 2.42. The van der Waals surface area contributed by atoms with Crippen LogP contribution >= 0.6 is 11.3 Å². The van der Waals surface area contributed by atoms with Crippen molar-refractivity contribution in [3.05, 3.63) is 21.9 Å². The Bertz CT molecular complexity index is 304. The van der Waals surface area contributed by atoms with E-state index in [4.69, 9.17) is 0 Å². The molecule has 0 fully saturated rings. The summed E-state index contributed by atoms with van der Waals surface area (Å²) in [6, 6.07) is 3.88. The molecule has 0 saturated heterocycles. The number of hydrogen-bond acceptors (Lipinski definition) is 3. The van der Waals surface area contributed by atoms with Gasteiger partial charge in [-0.3, -0.25) is 0 Å². The van der Waals surface area contributed by atoms with Gasteiger partial charge in [-0.2, -0.15) is 0 Å². The average molecular weight is 226 g/mol. The quantitative estimate of drug-likeness (QED) is 0.546. The van der Waals surface area contributed by atoms with Crippen molar-refractivity contribution < 1.29 is 9.53 Å². The maximum absolute atomic E-state index is 11.2. The summed E-state index contributed by atoms with van der Waals surface area (Å²) >= 11 is 1.55. The van der Waals surface area contributed by atoms with E-state index in [2.05, 4.69) is 11.7 Å². The SMILES string of the molecule is CCCCCCc1ccc(C(=O)OC)s1. The van der Waals surface area contributed by atoms with E-state index in [-0.39, 0.29) is 5.97 Å². The van der Waals surface area contributed by atoms with E-state index in [1.165, 1.54) is 37.7 Å². The molecule has 1 aromatic heterocycles. The topological polar surface area (TPSA) is 26.3 Å². The Kier molecular flexibility index (Phi) is 5.40. The molecular weight excluding hydrogens is 208 g/mol. The average Bonchev–Trinajstić information content (AvgIpc) is 2.72. The Balaban J connectivity index is 2.36. The fraction of sp³-hybridized carbons (Fsp3) is 0.583. The molecule has 0 bridgehead atoms. The first-order chi connectivity index (χ1) is 7.27. The number of esters is 1. The van der Waals surface area contributed by atoms with E-state index in [0.717, 1.165) is 6.42 Å². The maximum atomic E-state index is 11.2. The van der Waals surface area contributed by atoms with Crippen molar-refractivity contribution in [2.45, 2.75) is 39.0 Å². The van der Waals surface area contributed by atoms with Gasteiger partial charge in [0, 0.05) is 4.88 Å². The van der Waals surface area contributed by atoms with E-state index in [1.54, 1.807) is 11.3 Å². The van der Waals surface area contributed by atoms with Gasteiger partial charge >= 0.3 is 5.97 Å². The lowest BCUT2D eigenvalue weighted by molar-refractivity contribution is 0.0606. The van der Waals surface area contributed by atoms with Crippen LogP contribution in [0.3, 0.4) is 0 Å². The van der Waals surface area contributed by atoms with Gasteiger partial charge in [0.25, 0.3) is 0 Å². The molecule has 1 aromatic rings. The monoisotopic (exact) mass is 226 g/mol. The summed E-state index contributed by atoms with van der Waals surface area (Å²) in [4.78, 5) is 13.2. The van der Waals surface area contributed by atoms with Gasteiger partial charge in [-0.25, -0.2) is 4.79 Å². The zero-order valence-electron chi connectivity index (χ0n) is 9.41. The summed E-state index contributed by atoms with van der Waals surface area (Å²) in [5, 5.41) is 0. The molecule has 0 amide bonds. The molecule has 0 atom stereocenters. The molecule has 0 N–H and O–H groups in total. The van der Waals surface area contributed by atoms with Crippen LogP contribution in [0.1, 0.15) is 47.2 Å². The largest absolute Gasteiger partial charge is 0.465 e. The van der Waals surface area contributed by atoms with Crippen molar-refractivity contribution in [1.82, 2.24) is 0 Å². The van der Waals surface area contributed by atoms with Crippen LogP contribution in [0.2, 0.25) is 0 Å². The summed E-state index contributed by atoms with van der Waals surface area (Å²) in [6.45, 7) is 2.21. The van der Waals surface area contributed by atoms with Crippen molar-refractivity contribution in [2.24, 2.45) is 0 Å². The third-order valence-electron chi connectivity index (χ3n) is 2.32. The molecule has 0 aliphatic carbocycles. The van der Waals surface area contributed by atoms with Gasteiger partial charge in [0.2, 0.25) is 0 Å². The van der Waals surface area contributed by atoms with Gasteiger partial charge in [-0.05, 0) is 25.0 Å². The minimum atomic E-state index is -0.222. The maximum Gasteiger partial charge on any atom is 0.348 e. The molecule has 84 valence electrons. The van der Waals surface area contributed by atoms with Crippen molar-refractivity contribution in [3.8, 4) is 0 Å². The van der Waals surface area contributed by atoms with Crippen LogP contribution in [0, 0.1) is 0 Å². The lowest BCUT2D eigenvalue weighted by atomic mass is 10.1. The molecule has 0 saturated carbocycles. The standard InChI is InChI=1S/C12H18O2S/c1-3-4-5-6-7-10-8-9-11(15-10)12(13)14-2/h8-9H,3-7H2,1-2H3. The highest BCUT2D eigenvalue weighted by Gasteiger charge is 2.08. The minimum absolute atomic E-state index is 0.222. The molecule has 0 aliphatic heterocycles. The van der Waals surface area contributed by atoms with Crippen LogP contribution in [0.15, 0.2) is 12.1 Å². The Morgan fingerprint density at radius 1 is 1.33 bits per heavy atom. The van der Waals surface area contributed by atoms with Crippen LogP contribution in [-0.2, 0) is 11.2 Å². The molecule has 1 heterocycles. The van der Waals surface area contributed by atoms with Crippen molar-refractivity contribution in [1.29, 1.82) is 0 Å². The summed E-state index contributed by atoms with van der Waals surface area (Å²) < 4.78 is 4.66. The van der Waals surface area contributed by atoms with Crippen molar-refractivity contribution in [2.75, 3.05) is 7.11 Å². The predicted octanol–water partition coefficient (Wildman–Crippen LogP) is 3.66. The van der Waals surface area contributed by atoms with E-state index in [9.17, 15) is 4.79 Å². The first kappa shape index (κ1) is 12.2. The second-order valence-electron chi connectivity index (χ2n) is 3.57. The number of carbonyl (C=O) groups excluding carboxylic acids is 1. The Labute approximate surface area is 95.3 Å². The molecule has 15 heavy (non-hydrogen) atoms. The smallest absolute Gasteiger partial charge is 0.348 e. The Hall–Kier alpha value is -0.830. The van der Waals surface area contributed by atoms with E-state index >= 15 is 0 Å². The summed E-state index contributed by atoms with van der Waals surface area (Å²) in [6.07, 6.45) is 6.14. The third-order valence-corrected chi connectivity index (χ3v) is 3.45. The van der Waals surface area contributed by atoms with Gasteiger partial charge in [0.05, 0.1) is 7.11 Å². The highest BCUT2D eigenvalue weighted by molar-refractivity contribution is 7.13. The van der Waals surface area contributed by atoms with Crippen molar-refractivity contribution in [3.63, 3.8) is 0 Å². The number of carbonyl (C=O) groups is 1. The molecule has 0 radical (unpaired) electrons. The molecule has 2 nitrogen and oxygen atoms in total. The number of thiophene rings is 1. The summed E-state index contributed by atoms with van der Waals surface area (Å²) in [5.74, 6) is -0.222. The number of hydrogen-bond donors (Lipinski definition) is 0. The summed E-state index contributed by atoms with van der Waals surface area (Å²) in [5.41, 5.74) is 0. The lowest BCUT2D eigenvalue weighted by Crippen LogP contribution is -1.96. The zero-order valence-corrected chi connectivity index (χ0v) is 10.2. The van der Waals surface area contributed by atoms with Gasteiger partial charge in [0.1, 0.15) is 4.88 Å². The predicted molar refractivity (Wildman–Crippen MR) is 63.5 cm³/mol. The lowest BCUT2D eigenvalue weighted by Gasteiger charge is -1.96. The van der Waals surface area contributed by atoms with Crippen LogP contribution < -0.4 is 0 Å². The van der Waals surface area contributed by atoms with Crippen molar-refractivity contribution >= 4 is 17.3 Å². The number of methoxy groups -OCH3 is 1. The molecule has 3 heteroatoms. The highest BCUT2D eigenvalue weighted by atomic mass is 32.1. The van der Waals surface area contributed by atoms with E-state index < -0.39 is 0 Å². The van der Waals surface area contributed by atoms with Gasteiger partial charge < -0.3 is 4.74 Å². The summed E-state index contributed by atoms with van der Waals surface area (Å²) in [7, 11) is 1.42. The molecule has 1 rings (SSSR count). The number of rotatable bonds is 6. The highest BCUT2D eigenvalue weighted by Crippen LogP contribution is 2.19. The van der Waals surface area contributed by atoms with Crippen LogP contribution in [0.25, 0.3) is 0 Å². The molecule has 0 spiro atoms. The van der Waals surface area contributed by atoms with E-state index in [0.29, 0.717) is 4.88 Å². The minimum Gasteiger partial charge on any atom is -0.465 e. The van der Waals surface area contributed by atoms with Gasteiger partial charge in [-0.15, -0.1) is 11.3 Å². The van der Waals surface area contributed by atoms with E-state index in [1.807, 2.05) is 12.1 Å². The second-order valence-corrected chi connectivity index (χ2v) is 4.74. The number of aryl methyl sites for hydroxylation is 1. The second kappa shape index (κ2) is 6.62. The first-order valence-electron chi connectivity index (χ1n) is 5.45. The number of unbranched alkanes of at least 4 members (excludes halogenated alkanes) is 3. The molecule has 0 unspecified atom stereocenters. The van der Waals surface area contributed by atoms with Crippen LogP contribution in [0.4, 0.5) is 0 Å². The molecular formula is C12H18O2S. The third kappa shape index (κ3) is 4.04. The van der Waals surface area contributed by atoms with Crippen LogP contribution in [0.5, 0.6) is 0 Å². The first-order valence-corrected chi connectivity index (χ1v) is 6.26. The van der Waals surface area contributed by atoms with Gasteiger partial charge in [-0.1, -0.05) is 26.2 Å². The van der Waals surface area contributed by atoms with Gasteiger partial charge in [0.15, 0.2) is 0 Å². The normalized spacial score (nSPS) is 10.3. The fourth-order valence-electron chi connectivity index (χ4n) is 1.45.